The number of esters is 1. The third kappa shape index (κ3) is 3.71. The zero-order chi connectivity index (χ0) is 17.1. The Morgan fingerprint density at radius 1 is 1.17 bits per heavy atom. The van der Waals surface area contributed by atoms with Crippen LogP contribution >= 0.6 is 0 Å². The van der Waals surface area contributed by atoms with Crippen LogP contribution in [0.4, 0.5) is 0 Å². The molecule has 1 fully saturated rings. The van der Waals surface area contributed by atoms with Crippen LogP contribution < -0.4 is 4.74 Å². The van der Waals surface area contributed by atoms with Crippen LogP contribution in [0.3, 0.4) is 0 Å². The molecule has 0 bridgehead atoms. The van der Waals surface area contributed by atoms with Gasteiger partial charge in [0.2, 0.25) is 0 Å². The number of benzene rings is 1. The standard InChI is InChI=1S/C14H18O9/c1-21-8-4-6(2-3-7(8)15)13(19)22-5-9-10(16)11(17)12(18)14(20)23-9/h2-4,9-12,14-18,20H,5H2,1H3/t9-,10+,11-,12+,14+/m0/s1. The molecule has 1 aliphatic rings. The molecule has 9 heteroatoms. The Morgan fingerprint density at radius 2 is 1.87 bits per heavy atom. The minimum absolute atomic E-state index is 0.0855. The van der Waals surface area contributed by atoms with Gasteiger partial charge in [0.25, 0.3) is 0 Å². The van der Waals surface area contributed by atoms with Gasteiger partial charge in [-0.25, -0.2) is 4.79 Å². The van der Waals surface area contributed by atoms with E-state index in [4.69, 9.17) is 14.2 Å². The molecule has 0 saturated carbocycles. The van der Waals surface area contributed by atoms with E-state index in [1.54, 1.807) is 0 Å². The molecule has 5 N–H and O–H groups in total. The molecule has 1 heterocycles. The van der Waals surface area contributed by atoms with Gasteiger partial charge in [-0.05, 0) is 18.2 Å². The van der Waals surface area contributed by atoms with Crippen molar-refractivity contribution in [2.45, 2.75) is 30.7 Å². The molecule has 0 amide bonds. The topological polar surface area (TPSA) is 146 Å². The van der Waals surface area contributed by atoms with Crippen molar-refractivity contribution in [3.05, 3.63) is 23.8 Å². The van der Waals surface area contributed by atoms with E-state index in [0.717, 1.165) is 0 Å². The maximum Gasteiger partial charge on any atom is 0.338 e. The quantitative estimate of drug-likeness (QED) is 0.410. The first-order chi connectivity index (χ1) is 10.8. The summed E-state index contributed by atoms with van der Waals surface area (Å²) in [5, 5.41) is 47.5. The van der Waals surface area contributed by atoms with Gasteiger partial charge >= 0.3 is 5.97 Å². The zero-order valence-corrected chi connectivity index (χ0v) is 12.2. The second-order valence-corrected chi connectivity index (χ2v) is 5.02. The fourth-order valence-corrected chi connectivity index (χ4v) is 2.11. The predicted octanol–water partition coefficient (Wildman–Crippen LogP) is -1.64. The molecule has 23 heavy (non-hydrogen) atoms. The van der Waals surface area contributed by atoms with Crippen molar-refractivity contribution in [3.63, 3.8) is 0 Å². The van der Waals surface area contributed by atoms with E-state index in [2.05, 4.69) is 0 Å². The van der Waals surface area contributed by atoms with Gasteiger partial charge in [-0.15, -0.1) is 0 Å². The van der Waals surface area contributed by atoms with Crippen molar-refractivity contribution in [2.24, 2.45) is 0 Å². The molecule has 0 aromatic heterocycles. The first-order valence-corrected chi connectivity index (χ1v) is 6.77. The highest BCUT2D eigenvalue weighted by Crippen LogP contribution is 2.27. The molecule has 0 radical (unpaired) electrons. The first kappa shape index (κ1) is 17.4. The largest absolute Gasteiger partial charge is 0.504 e. The SMILES string of the molecule is COc1cc(C(=O)OC[C@@H]2O[C@@H](O)[C@H](O)[C@@H](O)[C@@H]2O)ccc1O. The molecule has 1 aromatic carbocycles. The van der Waals surface area contributed by atoms with Gasteiger partial charge in [-0.3, -0.25) is 0 Å². The van der Waals surface area contributed by atoms with E-state index in [0.29, 0.717) is 0 Å². The van der Waals surface area contributed by atoms with E-state index >= 15 is 0 Å². The summed E-state index contributed by atoms with van der Waals surface area (Å²) in [5.41, 5.74) is 0.0890. The van der Waals surface area contributed by atoms with E-state index in [1.807, 2.05) is 0 Å². The third-order valence-electron chi connectivity index (χ3n) is 3.48. The average Bonchev–Trinajstić information content (AvgIpc) is 2.55. The molecule has 1 saturated heterocycles. The van der Waals surface area contributed by atoms with Gasteiger partial charge in [0.15, 0.2) is 17.8 Å². The van der Waals surface area contributed by atoms with Gasteiger partial charge in [-0.1, -0.05) is 0 Å². The number of ether oxygens (including phenoxy) is 3. The maximum atomic E-state index is 11.9. The Balaban J connectivity index is 1.99. The fraction of sp³-hybridized carbons (Fsp3) is 0.500. The number of aromatic hydroxyl groups is 1. The maximum absolute atomic E-state index is 11.9. The summed E-state index contributed by atoms with van der Waals surface area (Å²) >= 11 is 0. The van der Waals surface area contributed by atoms with Crippen LogP contribution in [0.1, 0.15) is 10.4 Å². The predicted molar refractivity (Wildman–Crippen MR) is 73.8 cm³/mol. The van der Waals surface area contributed by atoms with Crippen molar-refractivity contribution in [3.8, 4) is 11.5 Å². The van der Waals surface area contributed by atoms with E-state index in [1.165, 1.54) is 25.3 Å². The molecule has 0 unspecified atom stereocenters. The molecule has 2 rings (SSSR count). The highest BCUT2D eigenvalue weighted by molar-refractivity contribution is 5.90. The van der Waals surface area contributed by atoms with Gasteiger partial charge in [0, 0.05) is 0 Å². The van der Waals surface area contributed by atoms with Gasteiger partial charge in [0.05, 0.1) is 12.7 Å². The lowest BCUT2D eigenvalue weighted by Gasteiger charge is -2.37. The van der Waals surface area contributed by atoms with Crippen LogP contribution in [-0.2, 0) is 9.47 Å². The molecule has 0 spiro atoms. The summed E-state index contributed by atoms with van der Waals surface area (Å²) in [7, 11) is 1.32. The van der Waals surface area contributed by atoms with Crippen LogP contribution in [-0.4, -0.2) is 75.9 Å². The van der Waals surface area contributed by atoms with Crippen molar-refractivity contribution in [1.29, 1.82) is 0 Å². The minimum Gasteiger partial charge on any atom is -0.504 e. The van der Waals surface area contributed by atoms with Crippen molar-refractivity contribution < 1.29 is 44.5 Å². The summed E-state index contributed by atoms with van der Waals surface area (Å²) < 4.78 is 14.7. The van der Waals surface area contributed by atoms with Crippen molar-refractivity contribution in [2.75, 3.05) is 13.7 Å². The molecular formula is C14H18O9. The normalized spacial score (nSPS) is 30.7. The number of carbonyl (C=O) groups excluding carboxylic acids is 1. The van der Waals surface area contributed by atoms with E-state index in [9.17, 15) is 30.3 Å². The molecule has 5 atom stereocenters. The van der Waals surface area contributed by atoms with Crippen LogP contribution in [0.2, 0.25) is 0 Å². The van der Waals surface area contributed by atoms with Crippen LogP contribution in [0.5, 0.6) is 11.5 Å². The fourth-order valence-electron chi connectivity index (χ4n) is 2.11. The number of carbonyl (C=O) groups is 1. The van der Waals surface area contributed by atoms with Gasteiger partial charge in [0.1, 0.15) is 31.0 Å². The summed E-state index contributed by atoms with van der Waals surface area (Å²) in [4.78, 5) is 11.9. The molecule has 9 nitrogen and oxygen atoms in total. The number of aliphatic hydroxyl groups excluding tert-OH is 4. The smallest absolute Gasteiger partial charge is 0.338 e. The Kier molecular flexibility index (Phi) is 5.39. The van der Waals surface area contributed by atoms with Crippen LogP contribution in [0.25, 0.3) is 0 Å². The number of aliphatic hydroxyl groups is 4. The average molecular weight is 330 g/mol. The van der Waals surface area contributed by atoms with E-state index < -0.39 is 43.3 Å². The number of rotatable bonds is 4. The molecule has 1 aliphatic heterocycles. The number of phenols is 1. The third-order valence-corrected chi connectivity index (χ3v) is 3.48. The van der Waals surface area contributed by atoms with Gasteiger partial charge in [-0.2, -0.15) is 0 Å². The van der Waals surface area contributed by atoms with Crippen LogP contribution in [0, 0.1) is 0 Å². The Hall–Kier alpha value is -1.91. The molecule has 128 valence electrons. The summed E-state index contributed by atoms with van der Waals surface area (Å²) in [6, 6.07) is 3.83. The number of phenolic OH excluding ortho intramolecular Hbond substituents is 1. The number of hydrogen-bond donors (Lipinski definition) is 5. The zero-order valence-electron chi connectivity index (χ0n) is 12.2. The Bertz CT molecular complexity index is 561. The Labute approximate surface area is 131 Å². The summed E-state index contributed by atoms with van der Waals surface area (Å²) in [6.45, 7) is -0.454. The molecular weight excluding hydrogens is 312 g/mol. The Morgan fingerprint density at radius 3 is 2.52 bits per heavy atom. The lowest BCUT2D eigenvalue weighted by Crippen LogP contribution is -2.58. The van der Waals surface area contributed by atoms with E-state index in [-0.39, 0.29) is 17.1 Å². The molecule has 1 aromatic rings. The van der Waals surface area contributed by atoms with Crippen LogP contribution in [0.15, 0.2) is 18.2 Å². The molecule has 0 aliphatic carbocycles. The first-order valence-electron chi connectivity index (χ1n) is 6.77. The minimum atomic E-state index is -1.70. The lowest BCUT2D eigenvalue weighted by atomic mass is 9.99. The van der Waals surface area contributed by atoms with Crippen molar-refractivity contribution in [1.82, 2.24) is 0 Å². The summed E-state index contributed by atoms with van der Waals surface area (Å²) in [5.74, 6) is -0.841. The second-order valence-electron chi connectivity index (χ2n) is 5.02. The van der Waals surface area contributed by atoms with Gasteiger partial charge < -0.3 is 39.7 Å². The summed E-state index contributed by atoms with van der Waals surface area (Å²) in [6.07, 6.45) is -7.72. The highest BCUT2D eigenvalue weighted by Gasteiger charge is 2.43. The second kappa shape index (κ2) is 7.11. The highest BCUT2D eigenvalue weighted by atomic mass is 16.6. The monoisotopic (exact) mass is 330 g/mol. The van der Waals surface area contributed by atoms with Crippen molar-refractivity contribution >= 4 is 5.97 Å². The number of hydrogen-bond acceptors (Lipinski definition) is 9. The lowest BCUT2D eigenvalue weighted by molar-refractivity contribution is -0.286. The number of methoxy groups -OCH3 is 1.